The van der Waals surface area contributed by atoms with Crippen LogP contribution in [-0.2, 0) is 14.3 Å². The van der Waals surface area contributed by atoms with Gasteiger partial charge in [-0.05, 0) is 12.8 Å². The van der Waals surface area contributed by atoms with E-state index in [1.54, 1.807) is 0 Å². The van der Waals surface area contributed by atoms with Crippen molar-refractivity contribution in [1.82, 2.24) is 4.90 Å². The predicted octanol–water partition coefficient (Wildman–Crippen LogP) is 0.118. The number of rotatable bonds is 3. The van der Waals surface area contributed by atoms with Crippen molar-refractivity contribution in [3.63, 3.8) is 0 Å². The van der Waals surface area contributed by atoms with Crippen LogP contribution >= 0.6 is 0 Å². The summed E-state index contributed by atoms with van der Waals surface area (Å²) in [5.41, 5.74) is 0. The van der Waals surface area contributed by atoms with E-state index in [9.17, 15) is 14.4 Å². The minimum atomic E-state index is -1.03. The van der Waals surface area contributed by atoms with Gasteiger partial charge < -0.3 is 14.7 Å². The van der Waals surface area contributed by atoms with Crippen LogP contribution in [0.25, 0.3) is 0 Å². The highest BCUT2D eigenvalue weighted by atomic mass is 16.5. The lowest BCUT2D eigenvalue weighted by Gasteiger charge is -2.29. The maximum absolute atomic E-state index is 11.3. The van der Waals surface area contributed by atoms with E-state index in [1.165, 1.54) is 4.90 Å². The molecule has 1 aliphatic rings. The molecule has 1 saturated heterocycles. The molecule has 0 radical (unpaired) electrons. The highest BCUT2D eigenvalue weighted by Gasteiger charge is 2.29. The Hall–Kier alpha value is -1.59. The summed E-state index contributed by atoms with van der Waals surface area (Å²) in [5.74, 6) is -0.928. The highest BCUT2D eigenvalue weighted by molar-refractivity contribution is 5.75. The van der Waals surface area contributed by atoms with Crippen LogP contribution in [0.4, 0.5) is 4.79 Å². The van der Waals surface area contributed by atoms with Crippen molar-refractivity contribution in [3.05, 3.63) is 0 Å². The number of aldehydes is 1. The maximum atomic E-state index is 11.3. The van der Waals surface area contributed by atoms with Crippen LogP contribution in [0.15, 0.2) is 0 Å². The lowest BCUT2D eigenvalue weighted by molar-refractivity contribution is -0.151. The number of carboxylic acid groups (broad SMARTS) is 1. The third kappa shape index (κ3) is 3.23. The molecular weight excluding hydrogens is 202 g/mol. The summed E-state index contributed by atoms with van der Waals surface area (Å²) < 4.78 is 4.63. The number of carbonyl (C=O) groups is 3. The molecule has 15 heavy (non-hydrogen) atoms. The summed E-state index contributed by atoms with van der Waals surface area (Å²) in [7, 11) is 0. The number of amides is 1. The van der Waals surface area contributed by atoms with Crippen LogP contribution < -0.4 is 0 Å². The van der Waals surface area contributed by atoms with Gasteiger partial charge in [0.15, 0.2) is 6.29 Å². The fourth-order valence-corrected chi connectivity index (χ4v) is 1.58. The molecule has 0 aromatic rings. The monoisotopic (exact) mass is 215 g/mol. The topological polar surface area (TPSA) is 83.9 Å². The number of hydrogen-bond donors (Lipinski definition) is 1. The van der Waals surface area contributed by atoms with Crippen LogP contribution in [-0.4, -0.2) is 48.1 Å². The molecule has 6 heteroatoms. The fourth-order valence-electron chi connectivity index (χ4n) is 1.58. The van der Waals surface area contributed by atoms with Gasteiger partial charge in [0.1, 0.15) is 6.61 Å². The van der Waals surface area contributed by atoms with Crippen LogP contribution in [0.3, 0.4) is 0 Å². The van der Waals surface area contributed by atoms with E-state index in [1.807, 2.05) is 0 Å². The van der Waals surface area contributed by atoms with Crippen molar-refractivity contribution in [3.8, 4) is 0 Å². The van der Waals surface area contributed by atoms with Gasteiger partial charge in [0.2, 0.25) is 0 Å². The second-order valence-corrected chi connectivity index (χ2v) is 3.36. The van der Waals surface area contributed by atoms with E-state index in [2.05, 4.69) is 4.74 Å². The number of esters is 1. The van der Waals surface area contributed by atoms with Crippen molar-refractivity contribution < 1.29 is 24.2 Å². The average molecular weight is 215 g/mol. The first-order chi connectivity index (χ1) is 7.15. The number of nitrogens with zero attached hydrogens (tertiary/aromatic N) is 1. The zero-order chi connectivity index (χ0) is 11.3. The van der Waals surface area contributed by atoms with E-state index < -0.39 is 18.0 Å². The van der Waals surface area contributed by atoms with Gasteiger partial charge in [-0.25, -0.2) is 4.79 Å². The van der Waals surface area contributed by atoms with Crippen LogP contribution in [0.2, 0.25) is 0 Å². The first-order valence-corrected chi connectivity index (χ1v) is 4.73. The Morgan fingerprint density at radius 3 is 2.87 bits per heavy atom. The Balaban J connectivity index is 2.44. The number of ether oxygens (including phenoxy) is 1. The van der Waals surface area contributed by atoms with Gasteiger partial charge in [-0.1, -0.05) is 0 Å². The summed E-state index contributed by atoms with van der Waals surface area (Å²) in [4.78, 5) is 33.2. The Kier molecular flexibility index (Phi) is 4.08. The van der Waals surface area contributed by atoms with Gasteiger partial charge >= 0.3 is 12.1 Å². The Morgan fingerprint density at radius 2 is 2.27 bits per heavy atom. The van der Waals surface area contributed by atoms with Crippen molar-refractivity contribution in [2.45, 2.75) is 12.8 Å². The second-order valence-electron chi connectivity index (χ2n) is 3.36. The van der Waals surface area contributed by atoms with E-state index in [0.717, 1.165) is 0 Å². The van der Waals surface area contributed by atoms with Crippen molar-refractivity contribution >= 4 is 18.3 Å². The molecule has 84 valence electrons. The molecule has 1 atom stereocenters. The van der Waals surface area contributed by atoms with E-state index in [4.69, 9.17) is 5.11 Å². The molecule has 0 aromatic heterocycles. The first kappa shape index (κ1) is 11.5. The van der Waals surface area contributed by atoms with Crippen molar-refractivity contribution in [2.75, 3.05) is 19.7 Å². The number of hydrogen-bond acceptors (Lipinski definition) is 4. The summed E-state index contributed by atoms with van der Waals surface area (Å²) in [6.45, 7) is 0.349. The molecule has 1 N–H and O–H groups in total. The molecule has 0 saturated carbocycles. The third-order valence-electron chi connectivity index (χ3n) is 2.32. The van der Waals surface area contributed by atoms with Gasteiger partial charge in [-0.2, -0.15) is 0 Å². The molecule has 1 amide bonds. The second kappa shape index (κ2) is 5.33. The summed E-state index contributed by atoms with van der Waals surface area (Å²) in [6.07, 6.45) is 0.729. The Bertz CT molecular complexity index is 265. The quantitative estimate of drug-likeness (QED) is 0.534. The zero-order valence-electron chi connectivity index (χ0n) is 8.22. The van der Waals surface area contributed by atoms with Crippen LogP contribution in [0.1, 0.15) is 12.8 Å². The Labute approximate surface area is 86.8 Å². The lowest BCUT2D eigenvalue weighted by Crippen LogP contribution is -2.42. The zero-order valence-corrected chi connectivity index (χ0v) is 8.22. The maximum Gasteiger partial charge on any atom is 0.407 e. The summed E-state index contributed by atoms with van der Waals surface area (Å²) in [5, 5.41) is 8.73. The number of likely N-dealkylation sites (tertiary alicyclic amines) is 1. The molecule has 0 aromatic carbocycles. The van der Waals surface area contributed by atoms with Gasteiger partial charge in [0.25, 0.3) is 0 Å². The standard InChI is InChI=1S/C9H13NO5/c11-4-5-15-8(12)7-2-1-3-10(6-7)9(13)14/h4,7H,1-3,5-6H2,(H,13,14). The fraction of sp³-hybridized carbons (Fsp3) is 0.667. The average Bonchev–Trinajstić information content (AvgIpc) is 2.26. The van der Waals surface area contributed by atoms with Crippen LogP contribution in [0, 0.1) is 5.92 Å². The molecule has 1 unspecified atom stereocenters. The SMILES string of the molecule is O=CCOC(=O)C1CCCN(C(=O)O)C1. The molecule has 0 spiro atoms. The van der Waals surface area contributed by atoms with Gasteiger partial charge in [-0.3, -0.25) is 9.59 Å². The Morgan fingerprint density at radius 1 is 1.53 bits per heavy atom. The molecular formula is C9H13NO5. The van der Waals surface area contributed by atoms with Gasteiger partial charge in [-0.15, -0.1) is 0 Å². The minimum absolute atomic E-state index is 0.160. The van der Waals surface area contributed by atoms with Crippen molar-refractivity contribution in [2.24, 2.45) is 5.92 Å². The number of piperidine rings is 1. The number of carbonyl (C=O) groups excluding carboxylic acids is 2. The third-order valence-corrected chi connectivity index (χ3v) is 2.32. The molecule has 1 rings (SSSR count). The normalized spacial score (nSPS) is 20.8. The molecule has 0 aliphatic carbocycles. The predicted molar refractivity (Wildman–Crippen MR) is 49.3 cm³/mol. The highest BCUT2D eigenvalue weighted by Crippen LogP contribution is 2.17. The van der Waals surface area contributed by atoms with E-state index in [0.29, 0.717) is 25.7 Å². The molecule has 0 bridgehead atoms. The molecule has 6 nitrogen and oxygen atoms in total. The minimum Gasteiger partial charge on any atom is -0.465 e. The van der Waals surface area contributed by atoms with Crippen molar-refractivity contribution in [1.29, 1.82) is 0 Å². The van der Waals surface area contributed by atoms with Gasteiger partial charge in [0.05, 0.1) is 5.92 Å². The molecule has 1 aliphatic heterocycles. The van der Waals surface area contributed by atoms with E-state index >= 15 is 0 Å². The summed E-state index contributed by atoms with van der Waals surface area (Å²) >= 11 is 0. The molecule has 1 heterocycles. The summed E-state index contributed by atoms with van der Waals surface area (Å²) in [6, 6.07) is 0. The van der Waals surface area contributed by atoms with Gasteiger partial charge in [0, 0.05) is 13.1 Å². The first-order valence-electron chi connectivity index (χ1n) is 4.73. The largest absolute Gasteiger partial charge is 0.465 e. The lowest BCUT2D eigenvalue weighted by atomic mass is 9.99. The van der Waals surface area contributed by atoms with E-state index in [-0.39, 0.29) is 13.2 Å². The smallest absolute Gasteiger partial charge is 0.407 e. The van der Waals surface area contributed by atoms with Crippen LogP contribution in [0.5, 0.6) is 0 Å². The molecule has 1 fully saturated rings.